The average Bonchev–Trinajstić information content (AvgIpc) is 3.54. The highest BCUT2D eigenvalue weighted by atomic mass is 16.5. The summed E-state index contributed by atoms with van der Waals surface area (Å²) in [4.78, 5) is 26.4. The minimum absolute atomic E-state index is 0.235. The number of nitrogens with one attached hydrogen (secondary N) is 1. The van der Waals surface area contributed by atoms with Gasteiger partial charge >= 0.3 is 5.97 Å². The summed E-state index contributed by atoms with van der Waals surface area (Å²) in [5.41, 5.74) is 2.55. The summed E-state index contributed by atoms with van der Waals surface area (Å²) in [7, 11) is 0. The molecule has 6 aromatic rings. The molecule has 0 spiro atoms. The molecule has 0 unspecified atom stereocenters. The molecule has 36 heavy (non-hydrogen) atoms. The van der Waals surface area contributed by atoms with Crippen molar-refractivity contribution in [2.75, 3.05) is 11.9 Å². The SMILES string of the molecule is CCOC(=O)c1cnn(-c2ccc3ccccc3n2)c1Nc1ncnc2c1cnn2-c1ccccc1. The van der Waals surface area contributed by atoms with Gasteiger partial charge in [-0.05, 0) is 37.3 Å². The van der Waals surface area contributed by atoms with E-state index in [0.29, 0.717) is 28.5 Å². The highest BCUT2D eigenvalue weighted by molar-refractivity contribution is 5.97. The minimum Gasteiger partial charge on any atom is -0.462 e. The van der Waals surface area contributed by atoms with Crippen LogP contribution in [0.2, 0.25) is 0 Å². The second-order valence-electron chi connectivity index (χ2n) is 7.88. The Bertz CT molecular complexity index is 1710. The van der Waals surface area contributed by atoms with Crippen LogP contribution in [-0.4, -0.2) is 47.1 Å². The molecule has 1 N–H and O–H groups in total. The maximum atomic E-state index is 12.8. The van der Waals surface area contributed by atoms with Crippen LogP contribution in [0.1, 0.15) is 17.3 Å². The van der Waals surface area contributed by atoms with Crippen molar-refractivity contribution < 1.29 is 9.53 Å². The summed E-state index contributed by atoms with van der Waals surface area (Å²) < 4.78 is 8.57. The van der Waals surface area contributed by atoms with Crippen LogP contribution in [0.4, 0.5) is 11.6 Å². The molecule has 0 amide bonds. The lowest BCUT2D eigenvalue weighted by Gasteiger charge is -2.12. The van der Waals surface area contributed by atoms with E-state index in [1.165, 1.54) is 12.5 Å². The van der Waals surface area contributed by atoms with Crippen LogP contribution in [0.25, 0.3) is 33.4 Å². The number of carbonyl (C=O) groups excluding carboxylic acids is 1. The van der Waals surface area contributed by atoms with Gasteiger partial charge in [0.25, 0.3) is 0 Å². The predicted octanol–water partition coefficient (Wildman–Crippen LogP) is 4.47. The zero-order chi connectivity index (χ0) is 24.5. The summed E-state index contributed by atoms with van der Waals surface area (Å²) in [6.45, 7) is 1.99. The number of hydrogen-bond acceptors (Lipinski definition) is 8. The van der Waals surface area contributed by atoms with Gasteiger partial charge in [-0.2, -0.15) is 14.9 Å². The maximum Gasteiger partial charge on any atom is 0.343 e. The van der Waals surface area contributed by atoms with Crippen LogP contribution < -0.4 is 5.32 Å². The molecule has 6 rings (SSSR count). The van der Waals surface area contributed by atoms with Gasteiger partial charge < -0.3 is 10.1 Å². The summed E-state index contributed by atoms with van der Waals surface area (Å²) in [5.74, 6) is 0.883. The predicted molar refractivity (Wildman–Crippen MR) is 135 cm³/mol. The van der Waals surface area contributed by atoms with Crippen molar-refractivity contribution in [3.8, 4) is 11.5 Å². The molecule has 0 saturated carbocycles. The standard InChI is InChI=1S/C26H20N8O2/c1-2-36-26(35)20-15-30-34(22-13-12-17-8-6-7-11-21(17)31-22)25(20)32-23-19-14-29-33(24(19)28-16-27-23)18-9-4-3-5-10-18/h3-16H,2H2,1H3,(H,27,28,32). The third-order valence-corrected chi connectivity index (χ3v) is 5.67. The van der Waals surface area contributed by atoms with Crippen molar-refractivity contribution in [2.24, 2.45) is 0 Å². The molecule has 0 aliphatic carbocycles. The first-order valence-corrected chi connectivity index (χ1v) is 11.4. The molecule has 10 nitrogen and oxygen atoms in total. The number of anilines is 2. The van der Waals surface area contributed by atoms with Crippen molar-refractivity contribution in [1.82, 2.24) is 34.5 Å². The number of esters is 1. The molecule has 4 heterocycles. The van der Waals surface area contributed by atoms with Gasteiger partial charge in [0.2, 0.25) is 0 Å². The van der Waals surface area contributed by atoms with Crippen molar-refractivity contribution >= 4 is 39.5 Å². The van der Waals surface area contributed by atoms with Crippen LogP contribution in [0.3, 0.4) is 0 Å². The molecule has 4 aromatic heterocycles. The first-order chi connectivity index (χ1) is 17.7. The number of pyridine rings is 1. The van der Waals surface area contributed by atoms with Crippen LogP contribution in [0.15, 0.2) is 85.5 Å². The Labute approximate surface area is 205 Å². The van der Waals surface area contributed by atoms with Gasteiger partial charge in [-0.1, -0.05) is 36.4 Å². The lowest BCUT2D eigenvalue weighted by Crippen LogP contribution is -2.11. The number of fused-ring (bicyclic) bond motifs is 2. The van der Waals surface area contributed by atoms with E-state index in [4.69, 9.17) is 9.72 Å². The van der Waals surface area contributed by atoms with Crippen molar-refractivity contribution in [3.63, 3.8) is 0 Å². The number of benzene rings is 2. The summed E-state index contributed by atoms with van der Waals surface area (Å²) in [6, 6.07) is 21.3. The quantitative estimate of drug-likeness (QED) is 0.351. The van der Waals surface area contributed by atoms with E-state index in [9.17, 15) is 4.79 Å². The first kappa shape index (κ1) is 21.4. The number of carbonyl (C=O) groups is 1. The van der Waals surface area contributed by atoms with Gasteiger partial charge in [0.15, 0.2) is 17.3 Å². The van der Waals surface area contributed by atoms with Crippen molar-refractivity contribution in [1.29, 1.82) is 0 Å². The summed E-state index contributed by atoms with van der Waals surface area (Å²) in [5, 5.41) is 13.9. The van der Waals surface area contributed by atoms with Crippen LogP contribution >= 0.6 is 0 Å². The third kappa shape index (κ3) is 3.70. The molecule has 0 aliphatic heterocycles. The highest BCUT2D eigenvalue weighted by Gasteiger charge is 2.22. The largest absolute Gasteiger partial charge is 0.462 e. The Hall–Kier alpha value is -5.12. The summed E-state index contributed by atoms with van der Waals surface area (Å²) in [6.07, 6.45) is 4.59. The number of rotatable bonds is 6. The van der Waals surface area contributed by atoms with Gasteiger partial charge in [0.05, 0.1) is 35.6 Å². The van der Waals surface area contributed by atoms with Gasteiger partial charge in [-0.15, -0.1) is 0 Å². The maximum absolute atomic E-state index is 12.8. The number of aromatic nitrogens is 7. The number of ether oxygens (including phenoxy) is 1. The van der Waals surface area contributed by atoms with Gasteiger partial charge in [-0.3, -0.25) is 0 Å². The van der Waals surface area contributed by atoms with Crippen molar-refractivity contribution in [2.45, 2.75) is 6.92 Å². The molecule has 0 saturated heterocycles. The van der Waals surface area contributed by atoms with Crippen LogP contribution in [0, 0.1) is 0 Å². The molecule has 0 radical (unpaired) electrons. The van der Waals surface area contributed by atoms with E-state index >= 15 is 0 Å². The van der Waals surface area contributed by atoms with Gasteiger partial charge in [0.1, 0.15) is 17.7 Å². The van der Waals surface area contributed by atoms with E-state index < -0.39 is 5.97 Å². The Morgan fingerprint density at radius 3 is 2.58 bits per heavy atom. The number of nitrogens with zero attached hydrogens (tertiary/aromatic N) is 7. The minimum atomic E-state index is -0.502. The van der Waals surface area contributed by atoms with Crippen LogP contribution in [0.5, 0.6) is 0 Å². The Balaban J connectivity index is 1.47. The molecular formula is C26H20N8O2. The monoisotopic (exact) mass is 476 g/mol. The Morgan fingerprint density at radius 2 is 1.72 bits per heavy atom. The molecule has 0 atom stereocenters. The molecule has 0 fully saturated rings. The first-order valence-electron chi connectivity index (χ1n) is 11.4. The average molecular weight is 477 g/mol. The lowest BCUT2D eigenvalue weighted by atomic mass is 10.2. The molecule has 10 heteroatoms. The fourth-order valence-corrected chi connectivity index (χ4v) is 3.99. The normalized spacial score (nSPS) is 11.1. The third-order valence-electron chi connectivity index (χ3n) is 5.67. The van der Waals surface area contributed by atoms with E-state index in [1.54, 1.807) is 22.5 Å². The fraction of sp³-hybridized carbons (Fsp3) is 0.0769. The van der Waals surface area contributed by atoms with Gasteiger partial charge in [0, 0.05) is 5.39 Å². The smallest absolute Gasteiger partial charge is 0.343 e. The van der Waals surface area contributed by atoms with Gasteiger partial charge in [-0.25, -0.2) is 24.4 Å². The highest BCUT2D eigenvalue weighted by Crippen LogP contribution is 2.28. The molecule has 0 aliphatic rings. The fourth-order valence-electron chi connectivity index (χ4n) is 3.99. The van der Waals surface area contributed by atoms with Crippen LogP contribution in [-0.2, 0) is 4.74 Å². The molecule has 2 aromatic carbocycles. The second-order valence-corrected chi connectivity index (χ2v) is 7.88. The Kier molecular flexibility index (Phi) is 5.30. The number of hydrogen-bond donors (Lipinski definition) is 1. The molecule has 0 bridgehead atoms. The van der Waals surface area contributed by atoms with E-state index in [0.717, 1.165) is 16.6 Å². The van der Waals surface area contributed by atoms with E-state index in [2.05, 4.69) is 25.5 Å². The van der Waals surface area contributed by atoms with E-state index in [-0.39, 0.29) is 12.2 Å². The van der Waals surface area contributed by atoms with E-state index in [1.807, 2.05) is 66.7 Å². The molecule has 176 valence electrons. The second kappa shape index (κ2) is 8.91. The molecular weight excluding hydrogens is 456 g/mol. The summed E-state index contributed by atoms with van der Waals surface area (Å²) >= 11 is 0. The zero-order valence-corrected chi connectivity index (χ0v) is 19.2. The van der Waals surface area contributed by atoms with Crippen molar-refractivity contribution in [3.05, 3.63) is 91.0 Å². The zero-order valence-electron chi connectivity index (χ0n) is 19.2. The Morgan fingerprint density at radius 1 is 0.917 bits per heavy atom. The lowest BCUT2D eigenvalue weighted by molar-refractivity contribution is 0.0527. The number of para-hydroxylation sites is 2. The topological polar surface area (TPSA) is 113 Å².